The molecule has 4 heteroatoms. The van der Waals surface area contributed by atoms with Crippen LogP contribution < -0.4 is 5.32 Å². The van der Waals surface area contributed by atoms with E-state index >= 15 is 0 Å². The number of anilines is 1. The van der Waals surface area contributed by atoms with Crippen molar-refractivity contribution in [1.29, 1.82) is 0 Å². The molecule has 4 nitrogen and oxygen atoms in total. The summed E-state index contributed by atoms with van der Waals surface area (Å²) in [6.07, 6.45) is 3.93. The van der Waals surface area contributed by atoms with Crippen LogP contribution in [0.3, 0.4) is 0 Å². The third kappa shape index (κ3) is 1.23. The molecule has 1 saturated carbocycles. The largest absolute Gasteiger partial charge is 0.382 e. The molecule has 0 amide bonds. The summed E-state index contributed by atoms with van der Waals surface area (Å²) in [4.78, 5) is 0. The topological polar surface area (TPSA) is 53.6 Å². The Morgan fingerprint density at radius 3 is 2.86 bits per heavy atom. The first-order valence-electron chi connectivity index (χ1n) is 4.99. The lowest BCUT2D eigenvalue weighted by molar-refractivity contribution is 0.445. The van der Waals surface area contributed by atoms with Crippen LogP contribution in [0, 0.1) is 0 Å². The number of nitrogens with zero attached hydrogens (tertiary/aromatic N) is 2. The smallest absolute Gasteiger partial charge is 0.115 e. The summed E-state index contributed by atoms with van der Waals surface area (Å²) < 4.78 is 0. The Morgan fingerprint density at radius 2 is 2.07 bits per heavy atom. The van der Waals surface area contributed by atoms with Crippen LogP contribution in [0.5, 0.6) is 0 Å². The Hall–Kier alpha value is -1.58. The fourth-order valence-corrected chi connectivity index (χ4v) is 1.72. The Bertz CT molecular complexity index is 444. The van der Waals surface area contributed by atoms with E-state index in [0.717, 1.165) is 16.7 Å². The maximum atomic E-state index is 4.05. The van der Waals surface area contributed by atoms with Crippen LogP contribution in [0.25, 0.3) is 11.0 Å². The van der Waals surface area contributed by atoms with Crippen LogP contribution >= 0.6 is 0 Å². The van der Waals surface area contributed by atoms with E-state index < -0.39 is 0 Å². The van der Waals surface area contributed by atoms with Crippen molar-refractivity contribution in [3.8, 4) is 0 Å². The molecule has 1 aromatic heterocycles. The number of benzene rings is 1. The van der Waals surface area contributed by atoms with Crippen molar-refractivity contribution in [2.75, 3.05) is 5.32 Å². The van der Waals surface area contributed by atoms with Gasteiger partial charge in [0.15, 0.2) is 0 Å². The van der Waals surface area contributed by atoms with Crippen LogP contribution in [0.1, 0.15) is 19.3 Å². The van der Waals surface area contributed by atoms with Crippen LogP contribution in [-0.4, -0.2) is 21.5 Å². The molecule has 2 aromatic rings. The highest BCUT2D eigenvalue weighted by atomic mass is 15.3. The molecular weight excluding hydrogens is 176 g/mol. The van der Waals surface area contributed by atoms with Crippen LogP contribution in [0.2, 0.25) is 0 Å². The summed E-state index contributed by atoms with van der Waals surface area (Å²) in [5.41, 5.74) is 2.99. The molecule has 1 fully saturated rings. The molecule has 1 aliphatic rings. The quantitative estimate of drug-likeness (QED) is 0.757. The van der Waals surface area contributed by atoms with E-state index in [1.54, 1.807) is 0 Å². The van der Waals surface area contributed by atoms with Gasteiger partial charge in [0.1, 0.15) is 11.0 Å². The Kier molecular flexibility index (Phi) is 1.65. The summed E-state index contributed by atoms with van der Waals surface area (Å²) in [5.74, 6) is 0. The Morgan fingerprint density at radius 1 is 1.21 bits per heavy atom. The first-order chi connectivity index (χ1) is 6.92. The predicted octanol–water partition coefficient (Wildman–Crippen LogP) is 1.92. The minimum absolute atomic E-state index is 0.666. The SMILES string of the molecule is c1cc2n[nH]nc2cc1NC1CCC1. The number of rotatable bonds is 2. The molecule has 72 valence electrons. The van der Waals surface area contributed by atoms with E-state index in [1.807, 2.05) is 12.1 Å². The van der Waals surface area contributed by atoms with Gasteiger partial charge in [-0.3, -0.25) is 0 Å². The standard InChI is InChI=1S/C10H12N4/c1-2-7(3-1)11-8-4-5-9-10(6-8)13-14-12-9/h4-7,11H,1-3H2,(H,12,13,14). The highest BCUT2D eigenvalue weighted by Gasteiger charge is 2.16. The molecule has 0 saturated heterocycles. The molecule has 0 bridgehead atoms. The number of aromatic amines is 1. The van der Waals surface area contributed by atoms with Gasteiger partial charge in [0.05, 0.1) is 0 Å². The lowest BCUT2D eigenvalue weighted by atomic mass is 9.93. The second-order valence-electron chi connectivity index (χ2n) is 3.80. The monoisotopic (exact) mass is 188 g/mol. The predicted molar refractivity (Wildman–Crippen MR) is 55.2 cm³/mol. The fourth-order valence-electron chi connectivity index (χ4n) is 1.72. The van der Waals surface area contributed by atoms with E-state index in [1.165, 1.54) is 19.3 Å². The van der Waals surface area contributed by atoms with Crippen LogP contribution in [0.4, 0.5) is 5.69 Å². The Labute approximate surface area is 81.7 Å². The van der Waals surface area contributed by atoms with E-state index in [4.69, 9.17) is 0 Å². The third-order valence-corrected chi connectivity index (χ3v) is 2.79. The zero-order valence-electron chi connectivity index (χ0n) is 7.83. The average molecular weight is 188 g/mol. The molecule has 14 heavy (non-hydrogen) atoms. The number of hydrogen-bond donors (Lipinski definition) is 2. The van der Waals surface area contributed by atoms with Gasteiger partial charge in [-0.1, -0.05) is 0 Å². The zero-order chi connectivity index (χ0) is 9.38. The molecule has 1 aliphatic carbocycles. The van der Waals surface area contributed by atoms with Crippen molar-refractivity contribution in [2.24, 2.45) is 0 Å². The van der Waals surface area contributed by atoms with Gasteiger partial charge in [-0.25, -0.2) is 0 Å². The van der Waals surface area contributed by atoms with E-state index in [-0.39, 0.29) is 0 Å². The van der Waals surface area contributed by atoms with Crippen LogP contribution in [0.15, 0.2) is 18.2 Å². The fraction of sp³-hybridized carbons (Fsp3) is 0.400. The normalized spacial score (nSPS) is 16.9. The van der Waals surface area contributed by atoms with Gasteiger partial charge in [0.2, 0.25) is 0 Å². The number of nitrogens with one attached hydrogen (secondary N) is 2. The second kappa shape index (κ2) is 2.97. The number of hydrogen-bond acceptors (Lipinski definition) is 3. The van der Waals surface area contributed by atoms with Crippen molar-refractivity contribution in [1.82, 2.24) is 15.4 Å². The number of H-pyrrole nitrogens is 1. The van der Waals surface area contributed by atoms with Gasteiger partial charge in [0.25, 0.3) is 0 Å². The highest BCUT2D eigenvalue weighted by Crippen LogP contribution is 2.24. The molecule has 0 unspecified atom stereocenters. The van der Waals surface area contributed by atoms with Gasteiger partial charge >= 0.3 is 0 Å². The van der Waals surface area contributed by atoms with E-state index in [9.17, 15) is 0 Å². The molecule has 0 radical (unpaired) electrons. The lowest BCUT2D eigenvalue weighted by Gasteiger charge is -2.27. The van der Waals surface area contributed by atoms with Gasteiger partial charge in [-0.15, -0.1) is 0 Å². The van der Waals surface area contributed by atoms with Crippen molar-refractivity contribution in [2.45, 2.75) is 25.3 Å². The molecule has 0 atom stereocenters. The average Bonchev–Trinajstić information content (AvgIpc) is 2.58. The maximum absolute atomic E-state index is 4.05. The lowest BCUT2D eigenvalue weighted by Crippen LogP contribution is -2.26. The van der Waals surface area contributed by atoms with Gasteiger partial charge in [-0.05, 0) is 37.5 Å². The second-order valence-corrected chi connectivity index (χ2v) is 3.80. The van der Waals surface area contributed by atoms with Crippen molar-refractivity contribution in [3.05, 3.63) is 18.2 Å². The van der Waals surface area contributed by atoms with Crippen molar-refractivity contribution >= 4 is 16.7 Å². The third-order valence-electron chi connectivity index (χ3n) is 2.79. The van der Waals surface area contributed by atoms with Gasteiger partial charge in [-0.2, -0.15) is 15.4 Å². The molecule has 1 heterocycles. The minimum atomic E-state index is 0.666. The summed E-state index contributed by atoms with van der Waals surface area (Å²) in [6.45, 7) is 0. The van der Waals surface area contributed by atoms with Crippen molar-refractivity contribution < 1.29 is 0 Å². The first kappa shape index (κ1) is 7.79. The summed E-state index contributed by atoms with van der Waals surface area (Å²) in [5, 5.41) is 14.2. The van der Waals surface area contributed by atoms with Gasteiger partial charge in [0, 0.05) is 11.7 Å². The van der Waals surface area contributed by atoms with Crippen LogP contribution in [-0.2, 0) is 0 Å². The number of aromatic nitrogens is 3. The maximum Gasteiger partial charge on any atom is 0.115 e. The zero-order valence-corrected chi connectivity index (χ0v) is 7.83. The van der Waals surface area contributed by atoms with Crippen molar-refractivity contribution in [3.63, 3.8) is 0 Å². The highest BCUT2D eigenvalue weighted by molar-refractivity contribution is 5.77. The van der Waals surface area contributed by atoms with E-state index in [2.05, 4.69) is 26.8 Å². The summed E-state index contributed by atoms with van der Waals surface area (Å²) in [6, 6.07) is 6.75. The molecule has 3 rings (SSSR count). The summed E-state index contributed by atoms with van der Waals surface area (Å²) in [7, 11) is 0. The Balaban J connectivity index is 1.88. The number of fused-ring (bicyclic) bond motifs is 1. The minimum Gasteiger partial charge on any atom is -0.382 e. The molecular formula is C10H12N4. The first-order valence-corrected chi connectivity index (χ1v) is 4.99. The molecule has 1 aromatic carbocycles. The van der Waals surface area contributed by atoms with E-state index in [0.29, 0.717) is 6.04 Å². The molecule has 0 aliphatic heterocycles. The molecule has 2 N–H and O–H groups in total. The molecule has 0 spiro atoms. The van der Waals surface area contributed by atoms with Gasteiger partial charge < -0.3 is 5.32 Å². The summed E-state index contributed by atoms with van der Waals surface area (Å²) >= 11 is 0.